The zero-order valence-electron chi connectivity index (χ0n) is 12.6. The van der Waals surface area contributed by atoms with E-state index in [1.54, 1.807) is 0 Å². The molecule has 0 amide bonds. The van der Waals surface area contributed by atoms with Gasteiger partial charge in [0.05, 0.1) is 12.0 Å². The number of rotatable bonds is 6. The van der Waals surface area contributed by atoms with Crippen molar-refractivity contribution in [3.63, 3.8) is 0 Å². The first-order valence-corrected chi connectivity index (χ1v) is 6.85. The number of hydrogen-bond acceptors (Lipinski definition) is 2. The maximum Gasteiger partial charge on any atom is 0.305 e. The lowest BCUT2D eigenvalue weighted by Crippen LogP contribution is -2.43. The van der Waals surface area contributed by atoms with E-state index in [0.29, 0.717) is 0 Å². The Morgan fingerprint density at radius 2 is 1.79 bits per heavy atom. The van der Waals surface area contributed by atoms with Crippen LogP contribution in [-0.2, 0) is 10.3 Å². The molecule has 0 aliphatic heterocycles. The Morgan fingerprint density at radius 1 is 1.26 bits per heavy atom. The van der Waals surface area contributed by atoms with E-state index in [1.165, 1.54) is 5.56 Å². The predicted molar refractivity (Wildman–Crippen MR) is 78.6 cm³/mol. The molecule has 0 fully saturated rings. The van der Waals surface area contributed by atoms with Gasteiger partial charge in [-0.3, -0.25) is 4.79 Å². The molecule has 1 aromatic carbocycles. The molecule has 0 aromatic heterocycles. The van der Waals surface area contributed by atoms with Crippen molar-refractivity contribution >= 4 is 5.97 Å². The number of benzene rings is 1. The minimum Gasteiger partial charge on any atom is -0.481 e. The number of nitrogens with one attached hydrogen (secondary N) is 1. The Morgan fingerprint density at radius 3 is 2.21 bits per heavy atom. The highest BCUT2D eigenvalue weighted by molar-refractivity contribution is 5.69. The van der Waals surface area contributed by atoms with Gasteiger partial charge in [-0.15, -0.1) is 0 Å². The van der Waals surface area contributed by atoms with E-state index in [-0.39, 0.29) is 6.42 Å². The molecule has 0 saturated heterocycles. The predicted octanol–water partition coefficient (Wildman–Crippen LogP) is 3.30. The molecule has 0 radical (unpaired) electrons. The fraction of sp³-hybridized carbons (Fsp3) is 0.562. The molecule has 3 heteroatoms. The van der Waals surface area contributed by atoms with E-state index in [0.717, 1.165) is 29.7 Å². The van der Waals surface area contributed by atoms with Gasteiger partial charge in [-0.05, 0) is 57.4 Å². The minimum absolute atomic E-state index is 0.0950. The lowest BCUT2D eigenvalue weighted by Gasteiger charge is -2.33. The monoisotopic (exact) mass is 263 g/mol. The molecule has 2 N–H and O–H groups in total. The van der Waals surface area contributed by atoms with Crippen molar-refractivity contribution < 1.29 is 9.90 Å². The zero-order valence-corrected chi connectivity index (χ0v) is 12.6. The van der Waals surface area contributed by atoms with E-state index >= 15 is 0 Å². The van der Waals surface area contributed by atoms with Crippen LogP contribution in [0.3, 0.4) is 0 Å². The van der Waals surface area contributed by atoms with Gasteiger partial charge in [0.2, 0.25) is 0 Å². The fourth-order valence-corrected chi connectivity index (χ4v) is 2.99. The maximum absolute atomic E-state index is 11.2. The number of carbonyl (C=O) groups is 1. The third-order valence-electron chi connectivity index (χ3n) is 3.50. The number of carboxylic acid groups (broad SMARTS) is 1. The molecule has 1 atom stereocenters. The molecule has 0 spiro atoms. The zero-order chi connectivity index (χ0) is 14.6. The molecular weight excluding hydrogens is 238 g/mol. The quantitative estimate of drug-likeness (QED) is 0.828. The molecule has 0 aliphatic rings. The first-order chi connectivity index (χ1) is 8.80. The summed E-state index contributed by atoms with van der Waals surface area (Å²) in [6, 6.07) is 4.24. The largest absolute Gasteiger partial charge is 0.481 e. The van der Waals surface area contributed by atoms with Crippen molar-refractivity contribution in [2.24, 2.45) is 0 Å². The van der Waals surface area contributed by atoms with Gasteiger partial charge in [-0.1, -0.05) is 24.6 Å². The summed E-state index contributed by atoms with van der Waals surface area (Å²) in [7, 11) is 0. The van der Waals surface area contributed by atoms with Gasteiger partial charge in [-0.25, -0.2) is 0 Å². The van der Waals surface area contributed by atoms with Crippen LogP contribution in [-0.4, -0.2) is 17.6 Å². The Balaban J connectivity index is 3.27. The van der Waals surface area contributed by atoms with Crippen LogP contribution in [0, 0.1) is 20.8 Å². The van der Waals surface area contributed by atoms with E-state index in [9.17, 15) is 9.90 Å². The first-order valence-electron chi connectivity index (χ1n) is 6.85. The van der Waals surface area contributed by atoms with Crippen molar-refractivity contribution in [2.45, 2.75) is 53.0 Å². The Hall–Kier alpha value is -1.35. The van der Waals surface area contributed by atoms with Gasteiger partial charge in [0.15, 0.2) is 0 Å². The van der Waals surface area contributed by atoms with Gasteiger partial charge in [-0.2, -0.15) is 0 Å². The average Bonchev–Trinajstić information content (AvgIpc) is 2.23. The van der Waals surface area contributed by atoms with Crippen LogP contribution in [0.15, 0.2) is 12.1 Å². The second-order valence-corrected chi connectivity index (χ2v) is 5.60. The summed E-state index contributed by atoms with van der Waals surface area (Å²) in [5.74, 6) is -0.773. The highest BCUT2D eigenvalue weighted by atomic mass is 16.4. The van der Waals surface area contributed by atoms with Crippen LogP contribution in [0.4, 0.5) is 0 Å². The molecule has 0 saturated carbocycles. The van der Waals surface area contributed by atoms with Crippen molar-refractivity contribution in [3.8, 4) is 0 Å². The van der Waals surface area contributed by atoms with E-state index < -0.39 is 11.5 Å². The van der Waals surface area contributed by atoms with Crippen LogP contribution in [0.1, 0.15) is 48.9 Å². The van der Waals surface area contributed by atoms with Gasteiger partial charge in [0.1, 0.15) is 0 Å². The molecule has 3 nitrogen and oxygen atoms in total. The minimum atomic E-state index is -0.773. The Labute approximate surface area is 116 Å². The molecule has 19 heavy (non-hydrogen) atoms. The van der Waals surface area contributed by atoms with Crippen LogP contribution in [0.2, 0.25) is 0 Å². The number of hydrogen-bond donors (Lipinski definition) is 2. The van der Waals surface area contributed by atoms with E-state index in [2.05, 4.69) is 45.1 Å². The number of carboxylic acids is 1. The van der Waals surface area contributed by atoms with Crippen LogP contribution < -0.4 is 5.32 Å². The molecule has 1 unspecified atom stereocenters. The number of aryl methyl sites for hydroxylation is 3. The van der Waals surface area contributed by atoms with E-state index in [1.807, 2.05) is 6.92 Å². The van der Waals surface area contributed by atoms with Crippen molar-refractivity contribution in [1.82, 2.24) is 5.32 Å². The highest BCUT2D eigenvalue weighted by Crippen LogP contribution is 2.31. The second-order valence-electron chi connectivity index (χ2n) is 5.60. The third-order valence-corrected chi connectivity index (χ3v) is 3.50. The lowest BCUT2D eigenvalue weighted by atomic mass is 9.82. The van der Waals surface area contributed by atoms with Crippen molar-refractivity contribution in [1.29, 1.82) is 0 Å². The summed E-state index contributed by atoms with van der Waals surface area (Å²) in [5, 5.41) is 12.6. The first kappa shape index (κ1) is 15.7. The van der Waals surface area contributed by atoms with Gasteiger partial charge in [0, 0.05) is 0 Å². The second kappa shape index (κ2) is 6.20. The van der Waals surface area contributed by atoms with Crippen LogP contribution in [0.5, 0.6) is 0 Å². The maximum atomic E-state index is 11.2. The van der Waals surface area contributed by atoms with Gasteiger partial charge >= 0.3 is 5.97 Å². The topological polar surface area (TPSA) is 49.3 Å². The van der Waals surface area contributed by atoms with E-state index in [4.69, 9.17) is 0 Å². The third kappa shape index (κ3) is 3.80. The Kier molecular flexibility index (Phi) is 5.12. The summed E-state index contributed by atoms with van der Waals surface area (Å²) < 4.78 is 0. The van der Waals surface area contributed by atoms with Crippen LogP contribution in [0.25, 0.3) is 0 Å². The summed E-state index contributed by atoms with van der Waals surface area (Å²) >= 11 is 0. The average molecular weight is 263 g/mol. The van der Waals surface area contributed by atoms with Crippen molar-refractivity contribution in [2.75, 3.05) is 6.54 Å². The molecular formula is C16H25NO2. The summed E-state index contributed by atoms with van der Waals surface area (Å²) in [6.45, 7) is 11.1. The molecule has 0 aliphatic carbocycles. The SMILES string of the molecule is CCCNC(C)(CC(=O)O)c1c(C)cc(C)cc1C. The molecule has 0 heterocycles. The summed E-state index contributed by atoms with van der Waals surface area (Å²) in [4.78, 5) is 11.2. The summed E-state index contributed by atoms with van der Waals surface area (Å²) in [6.07, 6.45) is 1.08. The van der Waals surface area contributed by atoms with Gasteiger partial charge in [0.25, 0.3) is 0 Å². The van der Waals surface area contributed by atoms with Crippen molar-refractivity contribution in [3.05, 3.63) is 34.4 Å². The molecule has 106 valence electrons. The smallest absolute Gasteiger partial charge is 0.305 e. The van der Waals surface area contributed by atoms with Crippen LogP contribution >= 0.6 is 0 Å². The Bertz CT molecular complexity index is 445. The van der Waals surface area contributed by atoms with Gasteiger partial charge < -0.3 is 10.4 Å². The molecule has 0 bridgehead atoms. The molecule has 1 rings (SSSR count). The highest BCUT2D eigenvalue weighted by Gasteiger charge is 2.31. The fourth-order valence-electron chi connectivity index (χ4n) is 2.99. The standard InChI is InChI=1S/C16H25NO2/c1-6-7-17-16(5,10-14(18)19)15-12(3)8-11(2)9-13(15)4/h8-9,17H,6-7,10H2,1-5H3,(H,18,19). The number of aliphatic carboxylic acids is 1. The lowest BCUT2D eigenvalue weighted by molar-refractivity contribution is -0.138. The molecule has 1 aromatic rings. The summed E-state index contributed by atoms with van der Waals surface area (Å²) in [5.41, 5.74) is 4.14. The normalized spacial score (nSPS) is 14.2.